The van der Waals surface area contributed by atoms with Crippen molar-refractivity contribution in [2.24, 2.45) is 0 Å². The zero-order valence-corrected chi connectivity index (χ0v) is 20.6. The molecule has 1 atom stereocenters. The Morgan fingerprint density at radius 1 is 1.17 bits per heavy atom. The van der Waals surface area contributed by atoms with Crippen molar-refractivity contribution < 1.29 is 29.2 Å². The van der Waals surface area contributed by atoms with Crippen LogP contribution >= 0.6 is 11.3 Å². The summed E-state index contributed by atoms with van der Waals surface area (Å²) in [5.41, 5.74) is 1.87. The number of carbonyl (C=O) groups is 3. The van der Waals surface area contributed by atoms with Crippen molar-refractivity contribution in [2.45, 2.75) is 26.8 Å². The molecule has 4 rings (SSSR count). The van der Waals surface area contributed by atoms with E-state index >= 15 is 0 Å². The van der Waals surface area contributed by atoms with Gasteiger partial charge < -0.3 is 9.84 Å². The van der Waals surface area contributed by atoms with Gasteiger partial charge in [-0.3, -0.25) is 24.6 Å². The number of aliphatic hydroxyl groups is 1. The maximum absolute atomic E-state index is 13.3. The van der Waals surface area contributed by atoms with Gasteiger partial charge in [0, 0.05) is 17.7 Å². The van der Waals surface area contributed by atoms with E-state index in [0.717, 1.165) is 21.8 Å². The summed E-state index contributed by atoms with van der Waals surface area (Å²) >= 11 is 0.848. The summed E-state index contributed by atoms with van der Waals surface area (Å²) in [6.07, 6.45) is 0. The number of thiazole rings is 1. The zero-order chi connectivity index (χ0) is 26.3. The van der Waals surface area contributed by atoms with Crippen molar-refractivity contribution >= 4 is 45.6 Å². The number of nitro groups is 1. The Bertz CT molecular complexity index is 1470. The maximum Gasteiger partial charge on any atom is 0.350 e. The number of esters is 1. The van der Waals surface area contributed by atoms with Crippen molar-refractivity contribution in [3.63, 3.8) is 0 Å². The molecule has 0 spiro atoms. The number of anilines is 1. The van der Waals surface area contributed by atoms with E-state index in [-0.39, 0.29) is 32.5 Å². The van der Waals surface area contributed by atoms with E-state index in [4.69, 9.17) is 4.74 Å². The van der Waals surface area contributed by atoms with E-state index in [1.165, 1.54) is 31.4 Å². The average molecular weight is 508 g/mol. The Kier molecular flexibility index (Phi) is 6.42. The number of benzene rings is 2. The number of aromatic nitrogens is 1. The second-order valence-corrected chi connectivity index (χ2v) is 9.22. The van der Waals surface area contributed by atoms with Gasteiger partial charge in [0.2, 0.25) is 0 Å². The molecule has 1 fully saturated rings. The van der Waals surface area contributed by atoms with E-state index < -0.39 is 34.4 Å². The lowest BCUT2D eigenvalue weighted by atomic mass is 9.93. The summed E-state index contributed by atoms with van der Waals surface area (Å²) in [7, 11) is 1.21. The van der Waals surface area contributed by atoms with Crippen LogP contribution in [0.5, 0.6) is 0 Å². The quantitative estimate of drug-likeness (QED) is 0.134. The third kappa shape index (κ3) is 4.13. The highest BCUT2D eigenvalue weighted by Gasteiger charge is 2.48. The molecular formula is C25H21N3O7S. The highest BCUT2D eigenvalue weighted by atomic mass is 32.1. The van der Waals surface area contributed by atoms with Crippen molar-refractivity contribution in [3.05, 3.63) is 91.0 Å². The predicted molar refractivity (Wildman–Crippen MR) is 132 cm³/mol. The van der Waals surface area contributed by atoms with Crippen LogP contribution in [0.1, 0.15) is 43.7 Å². The summed E-state index contributed by atoms with van der Waals surface area (Å²) in [5.74, 6) is -3.02. The van der Waals surface area contributed by atoms with Crippen molar-refractivity contribution in [2.75, 3.05) is 12.0 Å². The summed E-state index contributed by atoms with van der Waals surface area (Å²) in [6, 6.07) is 9.55. The van der Waals surface area contributed by atoms with Gasteiger partial charge >= 0.3 is 11.9 Å². The number of methoxy groups -OCH3 is 1. The number of rotatable bonds is 5. The van der Waals surface area contributed by atoms with Crippen LogP contribution in [-0.4, -0.2) is 39.8 Å². The fourth-order valence-electron chi connectivity index (χ4n) is 4.06. The van der Waals surface area contributed by atoms with Crippen LogP contribution in [0.2, 0.25) is 0 Å². The van der Waals surface area contributed by atoms with E-state index in [9.17, 15) is 29.6 Å². The standard InChI is InChI=1S/C25H21N3O7S/c1-12-8-9-13(2)17(10-12)20(29)18-19(15-6-5-7-16(11-15)28(33)34)27(23(31)21(18)30)25-26-14(3)22(36-25)24(32)35-4/h5-11,19,29H,1-4H3/t19-/m0/s1. The second-order valence-electron chi connectivity index (χ2n) is 8.24. The number of ether oxygens (including phenoxy) is 1. The van der Waals surface area contributed by atoms with Gasteiger partial charge in [-0.1, -0.05) is 41.2 Å². The van der Waals surface area contributed by atoms with E-state index in [1.54, 1.807) is 26.0 Å². The highest BCUT2D eigenvalue weighted by molar-refractivity contribution is 7.17. The summed E-state index contributed by atoms with van der Waals surface area (Å²) in [5, 5.41) is 22.8. The minimum Gasteiger partial charge on any atom is -0.507 e. The van der Waals surface area contributed by atoms with Crippen LogP contribution in [0.25, 0.3) is 5.76 Å². The molecule has 10 nitrogen and oxygen atoms in total. The Hall–Kier alpha value is -4.38. The van der Waals surface area contributed by atoms with Crippen LogP contribution < -0.4 is 4.90 Å². The van der Waals surface area contributed by atoms with Gasteiger partial charge in [-0.2, -0.15) is 0 Å². The number of Topliss-reactive ketones (excluding diaryl/α,β-unsaturated/α-hetero) is 1. The Labute approximate surface area is 209 Å². The average Bonchev–Trinajstić information content (AvgIpc) is 3.36. The number of hydrogen-bond acceptors (Lipinski definition) is 9. The molecule has 0 unspecified atom stereocenters. The molecule has 1 aliphatic heterocycles. The van der Waals surface area contributed by atoms with Gasteiger partial charge in [-0.05, 0) is 38.0 Å². The molecule has 1 aromatic heterocycles. The Morgan fingerprint density at radius 2 is 1.89 bits per heavy atom. The SMILES string of the molecule is COC(=O)c1sc(N2C(=O)C(=O)C(=C(O)c3cc(C)ccc3C)[C@@H]2c2cccc([N+](=O)[O-])c2)nc1C. The first-order valence-corrected chi connectivity index (χ1v) is 11.6. The number of non-ortho nitro benzene ring substituents is 1. The van der Waals surface area contributed by atoms with E-state index in [1.807, 2.05) is 13.0 Å². The molecule has 0 bridgehead atoms. The number of hydrogen-bond donors (Lipinski definition) is 1. The van der Waals surface area contributed by atoms with Crippen molar-refractivity contribution in [1.82, 2.24) is 4.98 Å². The van der Waals surface area contributed by atoms with Gasteiger partial charge in [0.1, 0.15) is 10.6 Å². The van der Waals surface area contributed by atoms with Gasteiger partial charge in [0.05, 0.1) is 29.3 Å². The summed E-state index contributed by atoms with van der Waals surface area (Å²) in [4.78, 5) is 55.2. The number of carbonyl (C=O) groups excluding carboxylic acids is 3. The number of ketones is 1. The fraction of sp³-hybridized carbons (Fsp3) is 0.200. The largest absolute Gasteiger partial charge is 0.507 e. The van der Waals surface area contributed by atoms with Crippen LogP contribution in [-0.2, 0) is 14.3 Å². The molecule has 184 valence electrons. The van der Waals surface area contributed by atoms with Crippen molar-refractivity contribution in [3.8, 4) is 0 Å². The van der Waals surface area contributed by atoms with E-state index in [0.29, 0.717) is 11.1 Å². The first-order valence-electron chi connectivity index (χ1n) is 10.7. The van der Waals surface area contributed by atoms with Crippen LogP contribution in [0, 0.1) is 30.9 Å². The smallest absolute Gasteiger partial charge is 0.350 e. The van der Waals surface area contributed by atoms with Crippen molar-refractivity contribution in [1.29, 1.82) is 0 Å². The molecule has 1 saturated heterocycles. The third-order valence-electron chi connectivity index (χ3n) is 5.85. The monoisotopic (exact) mass is 507 g/mol. The molecule has 3 aromatic rings. The highest BCUT2D eigenvalue weighted by Crippen LogP contribution is 2.44. The number of amides is 1. The molecule has 2 aromatic carbocycles. The van der Waals surface area contributed by atoms with Crippen LogP contribution in [0.3, 0.4) is 0 Å². The molecule has 11 heteroatoms. The molecule has 36 heavy (non-hydrogen) atoms. The zero-order valence-electron chi connectivity index (χ0n) is 19.8. The summed E-state index contributed by atoms with van der Waals surface area (Å²) < 4.78 is 4.77. The lowest BCUT2D eigenvalue weighted by Crippen LogP contribution is -2.29. The predicted octanol–water partition coefficient (Wildman–Crippen LogP) is 4.39. The van der Waals surface area contributed by atoms with Gasteiger partial charge in [-0.15, -0.1) is 0 Å². The van der Waals surface area contributed by atoms with Gasteiger partial charge in [-0.25, -0.2) is 9.78 Å². The Morgan fingerprint density at radius 3 is 2.56 bits per heavy atom. The molecule has 1 aliphatic rings. The Balaban J connectivity index is 2.00. The van der Waals surface area contributed by atoms with Gasteiger partial charge in [0.25, 0.3) is 11.5 Å². The van der Waals surface area contributed by atoms with Gasteiger partial charge in [0.15, 0.2) is 5.13 Å². The minimum absolute atomic E-state index is 0.0199. The number of aryl methyl sites for hydroxylation is 3. The third-order valence-corrected chi connectivity index (χ3v) is 6.99. The normalized spacial score (nSPS) is 16.9. The molecule has 1 amide bonds. The topological polar surface area (TPSA) is 140 Å². The molecule has 2 heterocycles. The minimum atomic E-state index is -1.22. The molecule has 1 N–H and O–H groups in total. The summed E-state index contributed by atoms with van der Waals surface area (Å²) in [6.45, 7) is 5.13. The number of nitro benzene ring substituents is 1. The second kappa shape index (κ2) is 9.34. The van der Waals surface area contributed by atoms with E-state index in [2.05, 4.69) is 4.98 Å². The van der Waals surface area contributed by atoms with Crippen LogP contribution in [0.4, 0.5) is 10.8 Å². The fourth-order valence-corrected chi connectivity index (χ4v) is 5.07. The lowest BCUT2D eigenvalue weighted by molar-refractivity contribution is -0.384. The number of nitrogens with zero attached hydrogens (tertiary/aromatic N) is 3. The molecule has 0 aliphatic carbocycles. The number of aliphatic hydroxyl groups excluding tert-OH is 1. The molecular weight excluding hydrogens is 486 g/mol. The maximum atomic E-state index is 13.3. The van der Waals surface area contributed by atoms with Crippen LogP contribution in [0.15, 0.2) is 48.0 Å². The first-order chi connectivity index (χ1) is 17.0. The molecule has 0 radical (unpaired) electrons. The lowest BCUT2D eigenvalue weighted by Gasteiger charge is -2.23. The molecule has 0 saturated carbocycles. The first kappa shape index (κ1) is 24.7.